The normalized spacial score (nSPS) is 11.3. The van der Waals surface area contributed by atoms with E-state index in [1.165, 1.54) is 24.3 Å². The molecule has 0 unspecified atom stereocenters. The number of aryl methyl sites for hydroxylation is 2. The SMILES string of the molecule is Cc1cc(F)ccc1Nc1ccc(C(F)(F)F)cc1C(=O)Nc1ccc(Br)nc1C. The molecule has 2 aromatic carbocycles. The van der Waals surface area contributed by atoms with Crippen LogP contribution in [0.3, 0.4) is 0 Å². The van der Waals surface area contributed by atoms with Gasteiger partial charge in [-0.25, -0.2) is 9.37 Å². The van der Waals surface area contributed by atoms with Gasteiger partial charge in [-0.05, 0) is 83.9 Å². The molecule has 0 radical (unpaired) electrons. The third-order valence-electron chi connectivity index (χ3n) is 4.35. The number of aromatic nitrogens is 1. The van der Waals surface area contributed by atoms with Crippen molar-refractivity contribution in [2.24, 2.45) is 0 Å². The molecule has 1 aromatic heterocycles. The zero-order valence-electron chi connectivity index (χ0n) is 15.9. The van der Waals surface area contributed by atoms with Crippen LogP contribution in [0.5, 0.6) is 0 Å². The zero-order chi connectivity index (χ0) is 22.1. The van der Waals surface area contributed by atoms with Gasteiger partial charge in [0.1, 0.15) is 10.4 Å². The molecule has 0 saturated heterocycles. The Bertz CT molecular complexity index is 1120. The van der Waals surface area contributed by atoms with Crippen molar-refractivity contribution >= 4 is 38.9 Å². The van der Waals surface area contributed by atoms with Gasteiger partial charge in [-0.2, -0.15) is 13.2 Å². The largest absolute Gasteiger partial charge is 0.416 e. The van der Waals surface area contributed by atoms with Gasteiger partial charge in [0.2, 0.25) is 0 Å². The molecular formula is C21H16BrF4N3O. The van der Waals surface area contributed by atoms with Crippen LogP contribution in [0.25, 0.3) is 0 Å². The van der Waals surface area contributed by atoms with Gasteiger partial charge >= 0.3 is 6.18 Å². The Kier molecular flexibility index (Phi) is 6.12. The van der Waals surface area contributed by atoms with Crippen LogP contribution < -0.4 is 10.6 Å². The summed E-state index contributed by atoms with van der Waals surface area (Å²) in [6.07, 6.45) is -4.62. The van der Waals surface area contributed by atoms with E-state index in [1.807, 2.05) is 0 Å². The van der Waals surface area contributed by atoms with Crippen molar-refractivity contribution in [1.82, 2.24) is 4.98 Å². The van der Waals surface area contributed by atoms with Gasteiger partial charge < -0.3 is 10.6 Å². The van der Waals surface area contributed by atoms with Crippen molar-refractivity contribution in [3.63, 3.8) is 0 Å². The fourth-order valence-corrected chi connectivity index (χ4v) is 3.18. The molecule has 1 amide bonds. The number of rotatable bonds is 4. The van der Waals surface area contributed by atoms with Crippen molar-refractivity contribution in [3.05, 3.63) is 81.3 Å². The van der Waals surface area contributed by atoms with Gasteiger partial charge in [0.25, 0.3) is 5.91 Å². The van der Waals surface area contributed by atoms with E-state index in [0.717, 1.165) is 12.1 Å². The minimum atomic E-state index is -4.62. The molecule has 0 aliphatic rings. The highest BCUT2D eigenvalue weighted by atomic mass is 79.9. The lowest BCUT2D eigenvalue weighted by Crippen LogP contribution is -2.17. The molecule has 3 rings (SSSR count). The van der Waals surface area contributed by atoms with Crippen LogP contribution in [-0.2, 0) is 6.18 Å². The number of benzene rings is 2. The molecule has 4 nitrogen and oxygen atoms in total. The number of carbonyl (C=O) groups excluding carboxylic acids is 1. The standard InChI is InChI=1S/C21H16BrF4N3O/c1-11-9-14(23)4-6-16(11)28-18-5-3-13(21(24,25)26)10-15(18)20(30)29-17-7-8-19(22)27-12(17)2/h3-10,28H,1-2H3,(H,29,30). The molecule has 2 N–H and O–H groups in total. The second-order valence-electron chi connectivity index (χ2n) is 6.56. The summed E-state index contributed by atoms with van der Waals surface area (Å²) in [5.41, 5.74) is 0.840. The minimum Gasteiger partial charge on any atom is -0.355 e. The molecule has 30 heavy (non-hydrogen) atoms. The highest BCUT2D eigenvalue weighted by Gasteiger charge is 2.32. The molecular weight excluding hydrogens is 466 g/mol. The van der Waals surface area contributed by atoms with E-state index in [1.54, 1.807) is 26.0 Å². The Balaban J connectivity index is 2.01. The van der Waals surface area contributed by atoms with Crippen molar-refractivity contribution in [3.8, 4) is 0 Å². The third-order valence-corrected chi connectivity index (χ3v) is 4.79. The average Bonchev–Trinajstić information content (AvgIpc) is 2.65. The average molecular weight is 482 g/mol. The van der Waals surface area contributed by atoms with Crippen molar-refractivity contribution in [2.75, 3.05) is 10.6 Å². The quantitative estimate of drug-likeness (QED) is 0.325. The van der Waals surface area contributed by atoms with Crippen molar-refractivity contribution in [2.45, 2.75) is 20.0 Å². The number of hydrogen-bond acceptors (Lipinski definition) is 3. The second-order valence-corrected chi connectivity index (χ2v) is 7.38. The number of halogens is 5. The van der Waals surface area contributed by atoms with Crippen LogP contribution in [0.4, 0.5) is 34.6 Å². The van der Waals surface area contributed by atoms with Crippen LogP contribution in [0.15, 0.2) is 53.1 Å². The predicted octanol–water partition coefficient (Wildman–Crippen LogP) is 6.61. The first kappa shape index (κ1) is 21.8. The number of anilines is 3. The molecule has 0 aliphatic carbocycles. The Morgan fingerprint density at radius 3 is 2.27 bits per heavy atom. The number of pyridine rings is 1. The Labute approximate surface area is 178 Å². The monoisotopic (exact) mass is 481 g/mol. The van der Waals surface area contributed by atoms with Gasteiger partial charge in [-0.3, -0.25) is 4.79 Å². The molecule has 0 saturated carbocycles. The van der Waals surface area contributed by atoms with Crippen LogP contribution in [-0.4, -0.2) is 10.9 Å². The number of alkyl halides is 3. The van der Waals surface area contributed by atoms with Gasteiger partial charge in [0, 0.05) is 5.69 Å². The summed E-state index contributed by atoms with van der Waals surface area (Å²) in [5, 5.41) is 5.51. The minimum absolute atomic E-state index is 0.151. The van der Waals surface area contributed by atoms with Crippen LogP contribution in [0.2, 0.25) is 0 Å². The predicted molar refractivity (Wildman–Crippen MR) is 110 cm³/mol. The summed E-state index contributed by atoms with van der Waals surface area (Å²) in [6, 6.07) is 9.98. The first-order valence-corrected chi connectivity index (χ1v) is 9.53. The van der Waals surface area contributed by atoms with E-state index >= 15 is 0 Å². The van der Waals surface area contributed by atoms with Gasteiger partial charge in [0.05, 0.1) is 28.2 Å². The van der Waals surface area contributed by atoms with Crippen LogP contribution >= 0.6 is 15.9 Å². The zero-order valence-corrected chi connectivity index (χ0v) is 17.5. The molecule has 9 heteroatoms. The number of nitrogens with zero attached hydrogens (tertiary/aromatic N) is 1. The highest BCUT2D eigenvalue weighted by molar-refractivity contribution is 9.10. The molecule has 0 atom stereocenters. The summed E-state index contributed by atoms with van der Waals surface area (Å²) < 4.78 is 53.6. The first-order valence-electron chi connectivity index (χ1n) is 8.73. The lowest BCUT2D eigenvalue weighted by Gasteiger charge is -2.17. The van der Waals surface area contributed by atoms with E-state index < -0.39 is 23.5 Å². The highest BCUT2D eigenvalue weighted by Crippen LogP contribution is 2.33. The smallest absolute Gasteiger partial charge is 0.355 e. The Hall–Kier alpha value is -2.94. The van der Waals surface area contributed by atoms with E-state index in [-0.39, 0.29) is 11.3 Å². The maximum Gasteiger partial charge on any atom is 0.416 e. The maximum absolute atomic E-state index is 13.4. The molecule has 0 spiro atoms. The fourth-order valence-electron chi connectivity index (χ4n) is 2.78. The van der Waals surface area contributed by atoms with E-state index in [4.69, 9.17) is 0 Å². The lowest BCUT2D eigenvalue weighted by molar-refractivity contribution is -0.137. The van der Waals surface area contributed by atoms with Crippen LogP contribution in [0, 0.1) is 19.7 Å². The van der Waals surface area contributed by atoms with E-state index in [2.05, 4.69) is 31.5 Å². The third kappa shape index (κ3) is 4.96. The summed E-state index contributed by atoms with van der Waals surface area (Å²) in [4.78, 5) is 17.0. The van der Waals surface area contributed by atoms with Crippen molar-refractivity contribution in [1.29, 1.82) is 0 Å². The topological polar surface area (TPSA) is 54.0 Å². The number of carbonyl (C=O) groups is 1. The summed E-state index contributed by atoms with van der Waals surface area (Å²) in [6.45, 7) is 3.31. The summed E-state index contributed by atoms with van der Waals surface area (Å²) in [5.74, 6) is -1.18. The van der Waals surface area contributed by atoms with Crippen LogP contribution in [0.1, 0.15) is 27.2 Å². The molecule has 1 heterocycles. The van der Waals surface area contributed by atoms with Crippen molar-refractivity contribution < 1.29 is 22.4 Å². The maximum atomic E-state index is 13.4. The number of hydrogen-bond donors (Lipinski definition) is 2. The number of nitrogens with one attached hydrogen (secondary N) is 2. The first-order chi connectivity index (χ1) is 14.0. The van der Waals surface area contributed by atoms with Gasteiger partial charge in [0.15, 0.2) is 0 Å². The Morgan fingerprint density at radius 2 is 1.63 bits per heavy atom. The molecule has 3 aromatic rings. The second kappa shape index (κ2) is 8.43. The number of amides is 1. The van der Waals surface area contributed by atoms with E-state index in [0.29, 0.717) is 27.2 Å². The van der Waals surface area contributed by atoms with Gasteiger partial charge in [-0.1, -0.05) is 0 Å². The molecule has 0 bridgehead atoms. The van der Waals surface area contributed by atoms with E-state index in [9.17, 15) is 22.4 Å². The summed E-state index contributed by atoms with van der Waals surface area (Å²) >= 11 is 3.21. The van der Waals surface area contributed by atoms with Gasteiger partial charge in [-0.15, -0.1) is 0 Å². The molecule has 0 aliphatic heterocycles. The molecule has 0 fully saturated rings. The fraction of sp³-hybridized carbons (Fsp3) is 0.143. The lowest BCUT2D eigenvalue weighted by atomic mass is 10.1. The summed E-state index contributed by atoms with van der Waals surface area (Å²) in [7, 11) is 0. The molecule has 156 valence electrons. The Morgan fingerprint density at radius 1 is 0.967 bits per heavy atom.